The van der Waals surface area contributed by atoms with Crippen molar-refractivity contribution < 1.29 is 19.4 Å². The molecule has 0 radical (unpaired) electrons. The van der Waals surface area contributed by atoms with Gasteiger partial charge in [-0.2, -0.15) is 0 Å². The molecule has 0 aliphatic heterocycles. The van der Waals surface area contributed by atoms with Crippen molar-refractivity contribution in [1.82, 2.24) is 15.0 Å². The topological polar surface area (TPSA) is 94.3 Å². The summed E-state index contributed by atoms with van der Waals surface area (Å²) >= 11 is 5.82. The second kappa shape index (κ2) is 5.70. The van der Waals surface area contributed by atoms with Gasteiger partial charge in [0.25, 0.3) is 0 Å². The van der Waals surface area contributed by atoms with E-state index < -0.39 is 11.9 Å². The Morgan fingerprint density at radius 3 is 2.85 bits per heavy atom. The Hall–Kier alpha value is -2.41. The SMILES string of the molecule is COC(=O)c1cccc(-n2nnc(Cl)c2CC(=O)O)c1. The van der Waals surface area contributed by atoms with E-state index in [0.717, 1.165) is 0 Å². The van der Waals surface area contributed by atoms with Crippen molar-refractivity contribution in [3.8, 4) is 5.69 Å². The Balaban J connectivity index is 2.46. The number of halogens is 1. The summed E-state index contributed by atoms with van der Waals surface area (Å²) in [4.78, 5) is 22.3. The standard InChI is InChI=1S/C12H10ClN3O4/c1-20-12(19)7-3-2-4-8(5-7)16-9(6-10(17)18)11(13)14-15-16/h2-5H,6H2,1H3,(H,17,18). The highest BCUT2D eigenvalue weighted by molar-refractivity contribution is 6.30. The molecule has 7 nitrogen and oxygen atoms in total. The molecular weight excluding hydrogens is 286 g/mol. The maximum Gasteiger partial charge on any atom is 0.337 e. The average molecular weight is 296 g/mol. The first-order valence-electron chi connectivity index (χ1n) is 5.53. The van der Waals surface area contributed by atoms with Gasteiger partial charge in [0.2, 0.25) is 0 Å². The third-order valence-electron chi connectivity index (χ3n) is 2.55. The number of methoxy groups -OCH3 is 1. The molecule has 0 bridgehead atoms. The number of benzene rings is 1. The fourth-order valence-electron chi connectivity index (χ4n) is 1.66. The summed E-state index contributed by atoms with van der Waals surface area (Å²) in [6.45, 7) is 0. The van der Waals surface area contributed by atoms with E-state index in [1.54, 1.807) is 18.2 Å². The molecule has 0 fully saturated rings. The molecule has 2 aromatic rings. The Morgan fingerprint density at radius 2 is 2.20 bits per heavy atom. The smallest absolute Gasteiger partial charge is 0.337 e. The molecule has 1 N–H and O–H groups in total. The monoisotopic (exact) mass is 295 g/mol. The van der Waals surface area contributed by atoms with Gasteiger partial charge in [-0.05, 0) is 18.2 Å². The second-order valence-electron chi connectivity index (χ2n) is 3.85. The molecule has 1 aromatic carbocycles. The number of aromatic nitrogens is 3. The third-order valence-corrected chi connectivity index (χ3v) is 2.84. The van der Waals surface area contributed by atoms with Crippen LogP contribution in [0.5, 0.6) is 0 Å². The van der Waals surface area contributed by atoms with Crippen LogP contribution >= 0.6 is 11.6 Å². The summed E-state index contributed by atoms with van der Waals surface area (Å²) in [7, 11) is 1.27. The Morgan fingerprint density at radius 1 is 1.45 bits per heavy atom. The normalized spacial score (nSPS) is 10.3. The van der Waals surface area contributed by atoms with Crippen LogP contribution in [0.3, 0.4) is 0 Å². The molecule has 0 unspecified atom stereocenters. The van der Waals surface area contributed by atoms with E-state index in [4.69, 9.17) is 16.7 Å². The minimum Gasteiger partial charge on any atom is -0.481 e. The van der Waals surface area contributed by atoms with Gasteiger partial charge < -0.3 is 9.84 Å². The number of nitrogens with zero attached hydrogens (tertiary/aromatic N) is 3. The lowest BCUT2D eigenvalue weighted by Gasteiger charge is -2.06. The van der Waals surface area contributed by atoms with Crippen molar-refractivity contribution >= 4 is 23.5 Å². The summed E-state index contributed by atoms with van der Waals surface area (Å²) in [5, 5.41) is 16.3. The highest BCUT2D eigenvalue weighted by atomic mass is 35.5. The van der Waals surface area contributed by atoms with Crippen LogP contribution in [0.1, 0.15) is 16.1 Å². The molecule has 0 spiro atoms. The minimum absolute atomic E-state index is 0.0101. The molecule has 1 heterocycles. The molecule has 104 valence electrons. The van der Waals surface area contributed by atoms with Crippen molar-refractivity contribution in [2.24, 2.45) is 0 Å². The molecule has 2 rings (SSSR count). The third kappa shape index (κ3) is 2.77. The van der Waals surface area contributed by atoms with Gasteiger partial charge >= 0.3 is 11.9 Å². The van der Waals surface area contributed by atoms with Gasteiger partial charge in [-0.1, -0.05) is 22.9 Å². The first-order valence-corrected chi connectivity index (χ1v) is 5.91. The number of aliphatic carboxylic acids is 1. The Kier molecular flexibility index (Phi) is 3.99. The van der Waals surface area contributed by atoms with Crippen molar-refractivity contribution in [1.29, 1.82) is 0 Å². The van der Waals surface area contributed by atoms with Gasteiger partial charge in [-0.3, -0.25) is 4.79 Å². The molecule has 0 aliphatic carbocycles. The van der Waals surface area contributed by atoms with Crippen molar-refractivity contribution in [3.63, 3.8) is 0 Å². The fraction of sp³-hybridized carbons (Fsp3) is 0.167. The maximum atomic E-state index is 11.5. The Bertz CT molecular complexity index is 668. The van der Waals surface area contributed by atoms with Crippen molar-refractivity contribution in [3.05, 3.63) is 40.7 Å². The highest BCUT2D eigenvalue weighted by Gasteiger charge is 2.16. The number of hydrogen-bond acceptors (Lipinski definition) is 5. The predicted molar refractivity (Wildman–Crippen MR) is 69.0 cm³/mol. The molecule has 1 aromatic heterocycles. The van der Waals surface area contributed by atoms with E-state index in [0.29, 0.717) is 11.3 Å². The van der Waals surface area contributed by atoms with Crippen LogP contribution in [0.4, 0.5) is 0 Å². The number of rotatable bonds is 4. The zero-order valence-electron chi connectivity index (χ0n) is 10.4. The van der Waals surface area contributed by atoms with Gasteiger partial charge in [-0.25, -0.2) is 9.48 Å². The summed E-state index contributed by atoms with van der Waals surface area (Å²) < 4.78 is 5.90. The molecule has 0 saturated carbocycles. The lowest BCUT2D eigenvalue weighted by molar-refractivity contribution is -0.136. The van der Waals surface area contributed by atoms with Gasteiger partial charge in [0.15, 0.2) is 5.15 Å². The number of carbonyl (C=O) groups excluding carboxylic acids is 1. The molecule has 0 saturated heterocycles. The van der Waals surface area contributed by atoms with Crippen LogP contribution in [0.2, 0.25) is 5.15 Å². The first kappa shape index (κ1) is 14.0. The van der Waals surface area contributed by atoms with Gasteiger partial charge in [0.05, 0.1) is 30.5 Å². The summed E-state index contributed by atoms with van der Waals surface area (Å²) in [6, 6.07) is 6.37. The fourth-order valence-corrected chi connectivity index (χ4v) is 1.84. The van der Waals surface area contributed by atoms with Crippen LogP contribution in [0.15, 0.2) is 24.3 Å². The second-order valence-corrected chi connectivity index (χ2v) is 4.21. The molecule has 0 aliphatic rings. The molecule has 0 amide bonds. The number of carboxylic acid groups (broad SMARTS) is 1. The number of ether oxygens (including phenoxy) is 1. The van der Waals surface area contributed by atoms with Crippen LogP contribution in [0, 0.1) is 0 Å². The quantitative estimate of drug-likeness (QED) is 0.855. The summed E-state index contributed by atoms with van der Waals surface area (Å²) in [5.41, 5.74) is 1.03. The van der Waals surface area contributed by atoms with Crippen molar-refractivity contribution in [2.45, 2.75) is 6.42 Å². The van der Waals surface area contributed by atoms with Crippen LogP contribution < -0.4 is 0 Å². The molecular formula is C12H10ClN3O4. The zero-order chi connectivity index (χ0) is 14.7. The largest absolute Gasteiger partial charge is 0.481 e. The number of carboxylic acids is 1. The average Bonchev–Trinajstić information content (AvgIpc) is 2.79. The first-order chi connectivity index (χ1) is 9.52. The van der Waals surface area contributed by atoms with E-state index in [-0.39, 0.29) is 17.3 Å². The van der Waals surface area contributed by atoms with Crippen molar-refractivity contribution in [2.75, 3.05) is 7.11 Å². The summed E-state index contributed by atoms with van der Waals surface area (Å²) in [6.07, 6.45) is -0.325. The minimum atomic E-state index is -1.06. The van der Waals surface area contributed by atoms with E-state index >= 15 is 0 Å². The Labute approximate surface area is 118 Å². The van der Waals surface area contributed by atoms with E-state index in [1.807, 2.05) is 0 Å². The molecule has 0 atom stereocenters. The van der Waals surface area contributed by atoms with Gasteiger partial charge in [0, 0.05) is 0 Å². The van der Waals surface area contributed by atoms with Crippen LogP contribution in [-0.2, 0) is 16.0 Å². The maximum absolute atomic E-state index is 11.5. The highest BCUT2D eigenvalue weighted by Crippen LogP contribution is 2.18. The number of hydrogen-bond donors (Lipinski definition) is 1. The predicted octanol–water partition coefficient (Wildman–Crippen LogP) is 1.33. The van der Waals surface area contributed by atoms with E-state index in [1.165, 1.54) is 17.9 Å². The number of carbonyl (C=O) groups is 2. The van der Waals surface area contributed by atoms with Crippen LogP contribution in [-0.4, -0.2) is 39.1 Å². The van der Waals surface area contributed by atoms with Gasteiger partial charge in [-0.15, -0.1) is 5.10 Å². The lowest BCUT2D eigenvalue weighted by atomic mass is 10.2. The molecule has 20 heavy (non-hydrogen) atoms. The summed E-state index contributed by atoms with van der Waals surface area (Å²) in [5.74, 6) is -1.56. The van der Waals surface area contributed by atoms with E-state index in [2.05, 4.69) is 15.0 Å². The van der Waals surface area contributed by atoms with E-state index in [9.17, 15) is 9.59 Å². The molecule has 8 heteroatoms. The van der Waals surface area contributed by atoms with Gasteiger partial charge in [0.1, 0.15) is 0 Å². The zero-order valence-corrected chi connectivity index (χ0v) is 11.2. The van der Waals surface area contributed by atoms with Crippen LogP contribution in [0.25, 0.3) is 5.69 Å². The lowest BCUT2D eigenvalue weighted by Crippen LogP contribution is -2.09. The number of esters is 1.